The topological polar surface area (TPSA) is 74.8 Å². The minimum atomic E-state index is 0.351. The number of hydrogen-bond acceptors (Lipinski definition) is 4. The molecule has 2 fully saturated rings. The van der Waals surface area contributed by atoms with Crippen molar-refractivity contribution >= 4 is 17.1 Å². The number of nitrogens with zero attached hydrogens (tertiary/aromatic N) is 4. The number of rotatable bonds is 3. The highest BCUT2D eigenvalue weighted by Gasteiger charge is 2.28. The van der Waals surface area contributed by atoms with E-state index in [1.54, 1.807) is 12.4 Å². The first-order valence-electron chi connectivity index (χ1n) is 8.74. The largest absolute Gasteiger partial charge is 0.343 e. The van der Waals surface area contributed by atoms with Gasteiger partial charge in [-0.2, -0.15) is 5.10 Å². The molecule has 2 aliphatic rings. The molecule has 1 saturated heterocycles. The lowest BCUT2D eigenvalue weighted by Gasteiger charge is -2.32. The minimum Gasteiger partial charge on any atom is -0.343 e. The van der Waals surface area contributed by atoms with Crippen LogP contribution in [0.2, 0.25) is 0 Å². The van der Waals surface area contributed by atoms with E-state index in [2.05, 4.69) is 25.1 Å². The quantitative estimate of drug-likeness (QED) is 0.945. The number of carbonyl (C=O) groups is 1. The van der Waals surface area contributed by atoms with Crippen molar-refractivity contribution in [3.63, 3.8) is 0 Å². The molecule has 0 bridgehead atoms. The van der Waals surface area contributed by atoms with Crippen molar-refractivity contribution < 1.29 is 4.79 Å². The summed E-state index contributed by atoms with van der Waals surface area (Å²) in [5.41, 5.74) is 2.64. The summed E-state index contributed by atoms with van der Waals surface area (Å²) in [6.07, 6.45) is 11.2. The molecule has 2 aromatic heterocycles. The molecule has 122 valence electrons. The van der Waals surface area contributed by atoms with Crippen LogP contribution in [0.1, 0.15) is 56.6 Å². The number of carbonyl (C=O) groups excluding carboxylic acids is 1. The maximum atomic E-state index is 12.4. The van der Waals surface area contributed by atoms with Crippen molar-refractivity contribution in [3.8, 4) is 0 Å². The fourth-order valence-corrected chi connectivity index (χ4v) is 4.06. The van der Waals surface area contributed by atoms with Gasteiger partial charge < -0.3 is 4.90 Å². The SMILES string of the molecule is O=C(CC1CCCC1)N1CCC(c2[nH]nc3nccnc23)CC1. The summed E-state index contributed by atoms with van der Waals surface area (Å²) in [5.74, 6) is 1.38. The molecule has 2 aromatic rings. The van der Waals surface area contributed by atoms with Gasteiger partial charge in [0.1, 0.15) is 5.52 Å². The summed E-state index contributed by atoms with van der Waals surface area (Å²) < 4.78 is 0. The Labute approximate surface area is 135 Å². The Balaban J connectivity index is 1.38. The standard InChI is InChI=1S/C17H23N5O/c23-14(11-12-3-1-2-4-12)22-9-5-13(6-10-22)15-16-17(21-20-15)19-8-7-18-16/h7-8,12-13H,1-6,9-11H2,(H,19,20,21). The maximum absolute atomic E-state index is 12.4. The van der Waals surface area contributed by atoms with Crippen molar-refractivity contribution in [3.05, 3.63) is 18.1 Å². The summed E-state index contributed by atoms with van der Waals surface area (Å²) in [6.45, 7) is 1.69. The molecule has 0 atom stereocenters. The van der Waals surface area contributed by atoms with Crippen molar-refractivity contribution in [1.29, 1.82) is 0 Å². The van der Waals surface area contributed by atoms with Gasteiger partial charge in [0.25, 0.3) is 0 Å². The van der Waals surface area contributed by atoms with Crippen LogP contribution in [-0.4, -0.2) is 44.1 Å². The van der Waals surface area contributed by atoms with Crippen molar-refractivity contribution in [2.75, 3.05) is 13.1 Å². The molecule has 1 N–H and O–H groups in total. The van der Waals surface area contributed by atoms with Gasteiger partial charge in [0, 0.05) is 37.8 Å². The van der Waals surface area contributed by atoms with Crippen LogP contribution in [0, 0.1) is 5.92 Å². The highest BCUT2D eigenvalue weighted by Crippen LogP contribution is 2.32. The molecule has 1 saturated carbocycles. The van der Waals surface area contributed by atoms with Gasteiger partial charge in [-0.1, -0.05) is 12.8 Å². The Morgan fingerprint density at radius 1 is 1.13 bits per heavy atom. The number of nitrogens with one attached hydrogen (secondary N) is 1. The zero-order valence-electron chi connectivity index (χ0n) is 13.4. The predicted octanol–water partition coefficient (Wildman–Crippen LogP) is 2.64. The fraction of sp³-hybridized carbons (Fsp3) is 0.647. The van der Waals surface area contributed by atoms with E-state index < -0.39 is 0 Å². The van der Waals surface area contributed by atoms with E-state index in [0.29, 0.717) is 23.4 Å². The van der Waals surface area contributed by atoms with E-state index in [0.717, 1.165) is 43.6 Å². The Hall–Kier alpha value is -1.98. The molecule has 23 heavy (non-hydrogen) atoms. The number of likely N-dealkylation sites (tertiary alicyclic amines) is 1. The van der Waals surface area contributed by atoms with E-state index in [9.17, 15) is 4.79 Å². The summed E-state index contributed by atoms with van der Waals surface area (Å²) in [7, 11) is 0. The molecule has 1 aliphatic heterocycles. The van der Waals surface area contributed by atoms with Crippen LogP contribution in [0.3, 0.4) is 0 Å². The Morgan fingerprint density at radius 3 is 2.65 bits per heavy atom. The molecule has 3 heterocycles. The molecule has 6 nitrogen and oxygen atoms in total. The van der Waals surface area contributed by atoms with E-state index in [1.807, 2.05) is 0 Å². The minimum absolute atomic E-state index is 0.351. The van der Waals surface area contributed by atoms with Crippen molar-refractivity contribution in [1.82, 2.24) is 25.1 Å². The van der Waals surface area contributed by atoms with Crippen molar-refractivity contribution in [2.24, 2.45) is 5.92 Å². The lowest BCUT2D eigenvalue weighted by atomic mass is 9.92. The van der Waals surface area contributed by atoms with Gasteiger partial charge in [-0.15, -0.1) is 0 Å². The highest BCUT2D eigenvalue weighted by molar-refractivity contribution is 5.77. The molecule has 0 spiro atoms. The van der Waals surface area contributed by atoms with E-state index >= 15 is 0 Å². The Bertz CT molecular complexity index is 683. The second kappa shape index (κ2) is 6.26. The van der Waals surface area contributed by atoms with Gasteiger partial charge in [-0.05, 0) is 31.6 Å². The molecule has 6 heteroatoms. The van der Waals surface area contributed by atoms with E-state index in [-0.39, 0.29) is 0 Å². The van der Waals surface area contributed by atoms with Crippen molar-refractivity contribution in [2.45, 2.75) is 50.9 Å². The van der Waals surface area contributed by atoms with Gasteiger partial charge in [-0.25, -0.2) is 9.97 Å². The van der Waals surface area contributed by atoms with Gasteiger partial charge in [0.05, 0.1) is 5.69 Å². The lowest BCUT2D eigenvalue weighted by molar-refractivity contribution is -0.133. The van der Waals surface area contributed by atoms with Gasteiger partial charge in [0.15, 0.2) is 5.65 Å². The number of H-pyrrole nitrogens is 1. The molecule has 0 unspecified atom stereocenters. The van der Waals surface area contributed by atoms with Crippen LogP contribution in [0.4, 0.5) is 0 Å². The number of hydrogen-bond donors (Lipinski definition) is 1. The normalized spacial score (nSPS) is 20.4. The lowest BCUT2D eigenvalue weighted by Crippen LogP contribution is -2.38. The number of aromatic amines is 1. The number of amides is 1. The van der Waals surface area contributed by atoms with Gasteiger partial charge >= 0.3 is 0 Å². The van der Waals surface area contributed by atoms with Gasteiger partial charge in [0.2, 0.25) is 5.91 Å². The van der Waals surface area contributed by atoms with Crippen LogP contribution in [0.25, 0.3) is 11.2 Å². The molecule has 4 rings (SSSR count). The maximum Gasteiger partial charge on any atom is 0.222 e. The van der Waals surface area contributed by atoms with E-state index in [1.165, 1.54) is 25.7 Å². The molecular formula is C17H23N5O. The molecule has 0 radical (unpaired) electrons. The molecule has 1 amide bonds. The summed E-state index contributed by atoms with van der Waals surface area (Å²) in [5, 5.41) is 7.35. The van der Waals surface area contributed by atoms with Crippen LogP contribution < -0.4 is 0 Å². The zero-order valence-corrected chi connectivity index (χ0v) is 13.4. The third-order valence-corrected chi connectivity index (χ3v) is 5.41. The average Bonchev–Trinajstić information content (AvgIpc) is 3.24. The monoisotopic (exact) mass is 313 g/mol. The van der Waals surface area contributed by atoms with Crippen LogP contribution in [0.15, 0.2) is 12.4 Å². The molecule has 1 aliphatic carbocycles. The van der Waals surface area contributed by atoms with Crippen LogP contribution in [0.5, 0.6) is 0 Å². The smallest absolute Gasteiger partial charge is 0.222 e. The van der Waals surface area contributed by atoms with Crippen LogP contribution >= 0.6 is 0 Å². The summed E-state index contributed by atoms with van der Waals surface area (Å²) >= 11 is 0. The molecule has 0 aromatic carbocycles. The second-order valence-corrected chi connectivity index (χ2v) is 6.88. The average molecular weight is 313 g/mol. The third kappa shape index (κ3) is 2.94. The van der Waals surface area contributed by atoms with Crippen LogP contribution in [-0.2, 0) is 4.79 Å². The summed E-state index contributed by atoms with van der Waals surface area (Å²) in [4.78, 5) is 23.1. The Morgan fingerprint density at radius 2 is 1.87 bits per heavy atom. The second-order valence-electron chi connectivity index (χ2n) is 6.88. The third-order valence-electron chi connectivity index (χ3n) is 5.41. The predicted molar refractivity (Wildman–Crippen MR) is 86.8 cm³/mol. The van der Waals surface area contributed by atoms with E-state index in [4.69, 9.17) is 0 Å². The number of piperidine rings is 1. The molecular weight excluding hydrogens is 290 g/mol. The first-order chi connectivity index (χ1) is 11.3. The zero-order chi connectivity index (χ0) is 15.6. The summed E-state index contributed by atoms with van der Waals surface area (Å²) in [6, 6.07) is 0. The number of aromatic nitrogens is 4. The fourth-order valence-electron chi connectivity index (χ4n) is 4.06. The highest BCUT2D eigenvalue weighted by atomic mass is 16.2. The van der Waals surface area contributed by atoms with Gasteiger partial charge in [-0.3, -0.25) is 9.89 Å². The first kappa shape index (κ1) is 14.6. The number of fused-ring (bicyclic) bond motifs is 1. The Kier molecular flexibility index (Phi) is 3.97. The first-order valence-corrected chi connectivity index (χ1v) is 8.74.